The average Bonchev–Trinajstić information content (AvgIpc) is 2.63. The minimum absolute atomic E-state index is 0.244. The molecule has 0 aliphatic heterocycles. The van der Waals surface area contributed by atoms with E-state index in [0.717, 1.165) is 0 Å². The number of rotatable bonds is 7. The fourth-order valence-electron chi connectivity index (χ4n) is 2.43. The molecule has 7 heteroatoms. The molecule has 0 spiro atoms. The summed E-state index contributed by atoms with van der Waals surface area (Å²) in [7, 11) is 1.51. The van der Waals surface area contributed by atoms with Crippen molar-refractivity contribution in [2.24, 2.45) is 0 Å². The Morgan fingerprint density at radius 3 is 2.60 bits per heavy atom. The van der Waals surface area contributed by atoms with Crippen LogP contribution in [0.3, 0.4) is 0 Å². The van der Waals surface area contributed by atoms with E-state index in [2.05, 4.69) is 10.1 Å². The third kappa shape index (κ3) is 4.28. The van der Waals surface area contributed by atoms with E-state index in [0.29, 0.717) is 36.0 Å². The molecule has 0 radical (unpaired) electrons. The number of allylic oxidation sites excluding steroid dienone is 1. The van der Waals surface area contributed by atoms with E-state index in [1.165, 1.54) is 7.11 Å². The molecule has 1 aliphatic rings. The minimum atomic E-state index is -0.551. The van der Waals surface area contributed by atoms with E-state index in [-0.39, 0.29) is 11.6 Å². The van der Waals surface area contributed by atoms with Crippen LogP contribution in [-0.4, -0.2) is 42.8 Å². The first-order valence-electron chi connectivity index (χ1n) is 7.99. The molecule has 1 aromatic rings. The molecule has 7 nitrogen and oxygen atoms in total. The van der Waals surface area contributed by atoms with Crippen LogP contribution < -0.4 is 10.1 Å². The maximum absolute atomic E-state index is 12.6. The van der Waals surface area contributed by atoms with Gasteiger partial charge in [-0.3, -0.25) is 4.79 Å². The Morgan fingerprint density at radius 2 is 1.96 bits per heavy atom. The lowest BCUT2D eigenvalue weighted by molar-refractivity contribution is -0.00849. The highest BCUT2D eigenvalue weighted by Crippen LogP contribution is 2.21. The van der Waals surface area contributed by atoms with E-state index in [9.17, 15) is 4.79 Å². The number of methoxy groups -OCH3 is 1. The minimum Gasteiger partial charge on any atom is -0.496 e. The van der Waals surface area contributed by atoms with Gasteiger partial charge in [0.25, 0.3) is 5.91 Å². The summed E-state index contributed by atoms with van der Waals surface area (Å²) in [5, 5.41) is 2.87. The first-order valence-corrected chi connectivity index (χ1v) is 7.99. The Labute approximate surface area is 146 Å². The lowest BCUT2D eigenvalue weighted by atomic mass is 10.0. The number of hydrogen-bond acceptors (Lipinski definition) is 4. The summed E-state index contributed by atoms with van der Waals surface area (Å²) in [5.41, 5.74) is 9.81. The molecule has 0 saturated carbocycles. The Balaban J connectivity index is 2.30. The van der Waals surface area contributed by atoms with Gasteiger partial charge in [-0.2, -0.15) is 4.79 Å². The van der Waals surface area contributed by atoms with Crippen molar-refractivity contribution in [3.05, 3.63) is 59.0 Å². The number of para-hydroxylation sites is 1. The fourth-order valence-corrected chi connectivity index (χ4v) is 2.43. The lowest BCUT2D eigenvalue weighted by Crippen LogP contribution is -2.38. The number of nitrogens with one attached hydrogen (secondary N) is 1. The van der Waals surface area contributed by atoms with Crippen molar-refractivity contribution in [1.29, 1.82) is 0 Å². The van der Waals surface area contributed by atoms with Crippen LogP contribution in [0.4, 0.5) is 0 Å². The van der Waals surface area contributed by atoms with Gasteiger partial charge >= 0.3 is 5.71 Å². The quantitative estimate of drug-likeness (QED) is 0.607. The molecule has 1 N–H and O–H groups in total. The smallest absolute Gasteiger partial charge is 0.359 e. The molecule has 2 rings (SSSR count). The van der Waals surface area contributed by atoms with Gasteiger partial charge in [0.05, 0.1) is 32.0 Å². The van der Waals surface area contributed by atoms with Crippen LogP contribution in [0, 0.1) is 0 Å². The molecule has 1 aliphatic carbocycles. The molecule has 132 valence electrons. The third-order valence-corrected chi connectivity index (χ3v) is 3.51. The molecule has 0 heterocycles. The standard InChI is InChI=1S/C18H21N3O4/c1-4-24-16-11-14(21-19)17(25-5-2)10-13(16)20-18(22)12-8-6-7-9-15(12)23-3/h6-11,13H,4-5H2,1-3H3,(H,20,22). The second kappa shape index (κ2) is 8.70. The van der Waals surface area contributed by atoms with Gasteiger partial charge in [0, 0.05) is 0 Å². The van der Waals surface area contributed by atoms with E-state index >= 15 is 0 Å². The van der Waals surface area contributed by atoms with Gasteiger partial charge in [0.2, 0.25) is 5.76 Å². The van der Waals surface area contributed by atoms with Gasteiger partial charge in [0.1, 0.15) is 17.6 Å². The Hall–Kier alpha value is -3.05. The molecule has 0 saturated heterocycles. The molecule has 1 unspecified atom stereocenters. The lowest BCUT2D eigenvalue weighted by Gasteiger charge is -2.22. The van der Waals surface area contributed by atoms with Crippen molar-refractivity contribution in [3.8, 4) is 5.75 Å². The maximum atomic E-state index is 12.6. The van der Waals surface area contributed by atoms with Crippen LogP contribution in [0.25, 0.3) is 5.53 Å². The number of benzene rings is 1. The van der Waals surface area contributed by atoms with Gasteiger partial charge in [0.15, 0.2) is 0 Å². The van der Waals surface area contributed by atoms with Crippen LogP contribution >= 0.6 is 0 Å². The van der Waals surface area contributed by atoms with E-state index in [1.54, 1.807) is 36.4 Å². The van der Waals surface area contributed by atoms with Crippen molar-refractivity contribution < 1.29 is 23.8 Å². The van der Waals surface area contributed by atoms with Crippen LogP contribution in [0.1, 0.15) is 24.2 Å². The second-order valence-electron chi connectivity index (χ2n) is 5.08. The summed E-state index contributed by atoms with van der Waals surface area (Å²) in [5.74, 6) is 0.995. The highest BCUT2D eigenvalue weighted by Gasteiger charge is 2.30. The number of carbonyl (C=O) groups is 1. The first kappa shape index (κ1) is 18.3. The van der Waals surface area contributed by atoms with Crippen molar-refractivity contribution >= 4 is 11.6 Å². The summed E-state index contributed by atoms with van der Waals surface area (Å²) < 4.78 is 16.3. The topological polar surface area (TPSA) is 93.2 Å². The predicted molar refractivity (Wildman–Crippen MR) is 92.3 cm³/mol. The third-order valence-electron chi connectivity index (χ3n) is 3.51. The Bertz CT molecular complexity index is 748. The molecular formula is C18H21N3O4. The normalized spacial score (nSPS) is 16.3. The van der Waals surface area contributed by atoms with E-state index in [1.807, 2.05) is 13.8 Å². The SMILES string of the molecule is CCOC1=CC(NC(=O)c2ccccc2OC)C(OCC)=CC1=[N+]=[N-]. The zero-order valence-corrected chi connectivity index (χ0v) is 14.5. The highest BCUT2D eigenvalue weighted by molar-refractivity contribution is 6.05. The molecule has 1 aromatic carbocycles. The zero-order valence-electron chi connectivity index (χ0n) is 14.5. The summed E-state index contributed by atoms with van der Waals surface area (Å²) in [6.07, 6.45) is 3.19. The van der Waals surface area contributed by atoms with Crippen molar-refractivity contribution in [3.63, 3.8) is 0 Å². The second-order valence-corrected chi connectivity index (χ2v) is 5.08. The maximum Gasteiger partial charge on any atom is 0.359 e. The number of carbonyl (C=O) groups excluding carboxylic acids is 1. The van der Waals surface area contributed by atoms with E-state index < -0.39 is 6.04 Å². The van der Waals surface area contributed by atoms with Crippen LogP contribution in [-0.2, 0) is 9.47 Å². The Morgan fingerprint density at radius 1 is 1.24 bits per heavy atom. The van der Waals surface area contributed by atoms with Gasteiger partial charge < -0.3 is 25.1 Å². The van der Waals surface area contributed by atoms with Gasteiger partial charge in [-0.25, -0.2) is 0 Å². The summed E-state index contributed by atoms with van der Waals surface area (Å²) >= 11 is 0. The fraction of sp³-hybridized carbons (Fsp3) is 0.333. The van der Waals surface area contributed by atoms with Gasteiger partial charge in [-0.05, 0) is 32.1 Å². The van der Waals surface area contributed by atoms with Crippen molar-refractivity contribution in [1.82, 2.24) is 5.32 Å². The summed E-state index contributed by atoms with van der Waals surface area (Å²) in [4.78, 5) is 15.8. The van der Waals surface area contributed by atoms with Crippen LogP contribution in [0.5, 0.6) is 5.75 Å². The van der Waals surface area contributed by atoms with Gasteiger partial charge in [-0.1, -0.05) is 12.1 Å². The van der Waals surface area contributed by atoms with E-state index in [4.69, 9.17) is 19.7 Å². The summed E-state index contributed by atoms with van der Waals surface area (Å²) in [6.45, 7) is 4.46. The molecule has 1 amide bonds. The first-order chi connectivity index (χ1) is 12.1. The number of nitrogens with zero attached hydrogens (tertiary/aromatic N) is 2. The number of ether oxygens (including phenoxy) is 3. The average molecular weight is 343 g/mol. The molecule has 1 atom stereocenters. The monoisotopic (exact) mass is 343 g/mol. The Kier molecular flexibility index (Phi) is 6.37. The van der Waals surface area contributed by atoms with Crippen molar-refractivity contribution in [2.75, 3.05) is 20.3 Å². The summed E-state index contributed by atoms with van der Waals surface area (Å²) in [6, 6.07) is 6.39. The zero-order chi connectivity index (χ0) is 18.2. The van der Waals surface area contributed by atoms with Crippen LogP contribution in [0.15, 0.2) is 47.9 Å². The number of hydrogen-bond donors (Lipinski definition) is 1. The number of amides is 1. The van der Waals surface area contributed by atoms with Gasteiger partial charge in [-0.15, -0.1) is 0 Å². The molecule has 0 fully saturated rings. The molecule has 0 bridgehead atoms. The molecular weight excluding hydrogens is 322 g/mol. The van der Waals surface area contributed by atoms with Crippen LogP contribution in [0.2, 0.25) is 0 Å². The van der Waals surface area contributed by atoms with Crippen molar-refractivity contribution in [2.45, 2.75) is 19.9 Å². The molecule has 25 heavy (non-hydrogen) atoms. The largest absolute Gasteiger partial charge is 0.496 e. The predicted octanol–water partition coefficient (Wildman–Crippen LogP) is 2.32. The molecule has 0 aromatic heterocycles. The highest BCUT2D eigenvalue weighted by atomic mass is 16.5.